The first-order valence-electron chi connectivity index (χ1n) is 10.5. The summed E-state index contributed by atoms with van der Waals surface area (Å²) in [6.45, 7) is 2.06. The highest BCUT2D eigenvalue weighted by molar-refractivity contribution is 6.03. The van der Waals surface area contributed by atoms with Crippen LogP contribution in [0, 0.1) is 12.7 Å². The van der Waals surface area contributed by atoms with Crippen LogP contribution in [-0.4, -0.2) is 26.6 Å². The molecule has 2 amide bonds. The quantitative estimate of drug-likeness (QED) is 0.431. The normalized spacial score (nSPS) is 10.6. The summed E-state index contributed by atoms with van der Waals surface area (Å²) in [7, 11) is 1.73. The van der Waals surface area contributed by atoms with Crippen molar-refractivity contribution in [2.24, 2.45) is 7.05 Å². The number of rotatable bonds is 7. The van der Waals surface area contributed by atoms with Gasteiger partial charge in [-0.15, -0.1) is 0 Å². The summed E-state index contributed by atoms with van der Waals surface area (Å²) < 4.78 is 20.6. The molecular weight excluding hydrogens is 437 g/mol. The van der Waals surface area contributed by atoms with Crippen LogP contribution in [0.4, 0.5) is 10.2 Å². The molecule has 2 heterocycles. The summed E-state index contributed by atoms with van der Waals surface area (Å²) in [5.74, 6) is 0.317. The van der Waals surface area contributed by atoms with E-state index in [9.17, 15) is 14.0 Å². The first-order valence-corrected chi connectivity index (χ1v) is 10.5. The van der Waals surface area contributed by atoms with E-state index in [-0.39, 0.29) is 24.2 Å². The number of nitrogens with one attached hydrogen (secondary N) is 2. The molecule has 0 spiro atoms. The lowest BCUT2D eigenvalue weighted by Crippen LogP contribution is -2.23. The number of hydrogen-bond acceptors (Lipinski definition) is 5. The van der Waals surface area contributed by atoms with Gasteiger partial charge in [0.15, 0.2) is 0 Å². The Hall–Kier alpha value is -4.53. The van der Waals surface area contributed by atoms with Crippen molar-refractivity contribution in [2.45, 2.75) is 13.5 Å². The Labute approximate surface area is 195 Å². The average Bonchev–Trinajstić information content (AvgIpc) is 3.27. The van der Waals surface area contributed by atoms with Gasteiger partial charge in [0, 0.05) is 43.2 Å². The third kappa shape index (κ3) is 5.44. The Morgan fingerprint density at radius 1 is 1.09 bits per heavy atom. The van der Waals surface area contributed by atoms with Crippen LogP contribution in [0.25, 0.3) is 0 Å². The summed E-state index contributed by atoms with van der Waals surface area (Å²) in [4.78, 5) is 29.2. The van der Waals surface area contributed by atoms with Gasteiger partial charge in [-0.05, 0) is 42.8 Å². The van der Waals surface area contributed by atoms with E-state index in [0.29, 0.717) is 34.0 Å². The maximum Gasteiger partial charge on any atom is 0.260 e. The van der Waals surface area contributed by atoms with E-state index in [1.54, 1.807) is 62.6 Å². The maximum absolute atomic E-state index is 13.1. The van der Waals surface area contributed by atoms with Crippen molar-refractivity contribution in [3.05, 3.63) is 101 Å². The predicted octanol–water partition coefficient (Wildman–Crippen LogP) is 4.24. The fourth-order valence-corrected chi connectivity index (χ4v) is 3.25. The highest BCUT2D eigenvalue weighted by Gasteiger charge is 2.14. The molecule has 0 aliphatic carbocycles. The second-order valence-electron chi connectivity index (χ2n) is 7.57. The number of nitrogens with zero attached hydrogens (tertiary/aromatic N) is 3. The Morgan fingerprint density at radius 2 is 1.88 bits per heavy atom. The second-order valence-corrected chi connectivity index (χ2v) is 7.57. The van der Waals surface area contributed by atoms with Gasteiger partial charge < -0.3 is 15.4 Å². The van der Waals surface area contributed by atoms with Crippen molar-refractivity contribution in [1.29, 1.82) is 0 Å². The molecule has 0 atom stereocenters. The van der Waals surface area contributed by atoms with Crippen LogP contribution in [0.15, 0.2) is 73.2 Å². The van der Waals surface area contributed by atoms with Gasteiger partial charge >= 0.3 is 0 Å². The lowest BCUT2D eigenvalue weighted by molar-refractivity contribution is 0.0949. The number of anilines is 1. The Kier molecular flexibility index (Phi) is 6.63. The van der Waals surface area contributed by atoms with Crippen LogP contribution < -0.4 is 15.4 Å². The molecule has 2 aromatic carbocycles. The first-order chi connectivity index (χ1) is 16.4. The van der Waals surface area contributed by atoms with E-state index in [2.05, 4.69) is 20.7 Å². The fraction of sp³-hybridized carbons (Fsp3) is 0.120. The first kappa shape index (κ1) is 22.7. The van der Waals surface area contributed by atoms with Crippen molar-refractivity contribution < 1.29 is 18.7 Å². The molecule has 0 saturated carbocycles. The molecule has 2 aromatic heterocycles. The van der Waals surface area contributed by atoms with Crippen molar-refractivity contribution in [2.75, 3.05) is 5.32 Å². The fourth-order valence-electron chi connectivity index (χ4n) is 3.25. The van der Waals surface area contributed by atoms with Crippen LogP contribution in [-0.2, 0) is 13.6 Å². The van der Waals surface area contributed by atoms with E-state index in [1.165, 1.54) is 29.2 Å². The van der Waals surface area contributed by atoms with Crippen LogP contribution in [0.1, 0.15) is 31.8 Å². The molecule has 8 nitrogen and oxygen atoms in total. The Morgan fingerprint density at radius 3 is 2.62 bits per heavy atom. The summed E-state index contributed by atoms with van der Waals surface area (Å²) in [6, 6.07) is 14.4. The number of amides is 2. The molecule has 0 aliphatic heterocycles. The molecule has 0 radical (unpaired) electrons. The number of aryl methyl sites for hydroxylation is 1. The number of pyridine rings is 1. The van der Waals surface area contributed by atoms with Crippen molar-refractivity contribution in [1.82, 2.24) is 20.1 Å². The summed E-state index contributed by atoms with van der Waals surface area (Å²) in [6.07, 6.45) is 4.58. The molecule has 2 N–H and O–H groups in total. The lowest BCUT2D eigenvalue weighted by Gasteiger charge is -2.13. The minimum Gasteiger partial charge on any atom is -0.457 e. The topological polar surface area (TPSA) is 98.1 Å². The molecule has 0 bridgehead atoms. The zero-order valence-electron chi connectivity index (χ0n) is 18.6. The van der Waals surface area contributed by atoms with Crippen LogP contribution >= 0.6 is 0 Å². The number of carbonyl (C=O) groups excluding carboxylic acids is 2. The van der Waals surface area contributed by atoms with Gasteiger partial charge in [-0.3, -0.25) is 14.3 Å². The van der Waals surface area contributed by atoms with E-state index >= 15 is 0 Å². The van der Waals surface area contributed by atoms with Gasteiger partial charge in [0.05, 0.1) is 11.8 Å². The average molecular weight is 459 g/mol. The molecular formula is C25H22FN5O3. The molecule has 34 heavy (non-hydrogen) atoms. The summed E-state index contributed by atoms with van der Waals surface area (Å²) in [5, 5.41) is 9.52. The van der Waals surface area contributed by atoms with E-state index in [4.69, 9.17) is 4.74 Å². The molecule has 172 valence electrons. The number of ether oxygens (including phenoxy) is 1. The van der Waals surface area contributed by atoms with Crippen LogP contribution in [0.2, 0.25) is 0 Å². The van der Waals surface area contributed by atoms with Crippen LogP contribution in [0.3, 0.4) is 0 Å². The Bertz CT molecular complexity index is 1330. The zero-order valence-corrected chi connectivity index (χ0v) is 18.6. The minimum absolute atomic E-state index is 0.272. The predicted molar refractivity (Wildman–Crippen MR) is 124 cm³/mol. The molecule has 0 unspecified atom stereocenters. The highest BCUT2D eigenvalue weighted by Crippen LogP contribution is 2.28. The van der Waals surface area contributed by atoms with Crippen molar-refractivity contribution in [3.63, 3.8) is 0 Å². The van der Waals surface area contributed by atoms with E-state index < -0.39 is 0 Å². The largest absolute Gasteiger partial charge is 0.457 e. The standard InChI is InChI=1S/C25H22FN5O3/c1-16-21(25(33)28-13-17-6-8-19(26)9-7-17)4-3-5-22(16)34-20-10-11-27-23(12-20)30-24(32)18-14-29-31(2)15-18/h3-12,14-15H,13H2,1-2H3,(H,28,33)(H,27,30,32). The lowest BCUT2D eigenvalue weighted by atomic mass is 10.1. The summed E-state index contributed by atoms with van der Waals surface area (Å²) in [5.41, 5.74) is 2.30. The number of hydrogen-bond donors (Lipinski definition) is 2. The van der Waals surface area contributed by atoms with Gasteiger partial charge in [0.2, 0.25) is 0 Å². The third-order valence-electron chi connectivity index (χ3n) is 5.06. The number of aromatic nitrogens is 3. The number of carbonyl (C=O) groups is 2. The number of halogens is 1. The highest BCUT2D eigenvalue weighted by atomic mass is 19.1. The Balaban J connectivity index is 1.44. The van der Waals surface area contributed by atoms with Gasteiger partial charge in [-0.25, -0.2) is 9.37 Å². The number of benzene rings is 2. The monoisotopic (exact) mass is 459 g/mol. The van der Waals surface area contributed by atoms with Gasteiger partial charge in [-0.2, -0.15) is 5.10 Å². The molecule has 9 heteroatoms. The molecule has 0 aliphatic rings. The van der Waals surface area contributed by atoms with Gasteiger partial charge in [0.25, 0.3) is 11.8 Å². The molecule has 0 fully saturated rings. The van der Waals surface area contributed by atoms with Crippen molar-refractivity contribution >= 4 is 17.6 Å². The minimum atomic E-state index is -0.339. The molecule has 0 saturated heterocycles. The smallest absolute Gasteiger partial charge is 0.260 e. The molecule has 4 rings (SSSR count). The SMILES string of the molecule is Cc1c(Oc2ccnc(NC(=O)c3cnn(C)c3)c2)cccc1C(=O)NCc1ccc(F)cc1. The van der Waals surface area contributed by atoms with Gasteiger partial charge in [0.1, 0.15) is 23.1 Å². The van der Waals surface area contributed by atoms with E-state index in [0.717, 1.165) is 5.56 Å². The second kappa shape index (κ2) is 9.95. The summed E-state index contributed by atoms with van der Waals surface area (Å²) >= 11 is 0. The zero-order chi connectivity index (χ0) is 24.1. The third-order valence-corrected chi connectivity index (χ3v) is 5.06. The molecule has 4 aromatic rings. The maximum atomic E-state index is 13.1. The van der Waals surface area contributed by atoms with Gasteiger partial charge in [-0.1, -0.05) is 18.2 Å². The van der Waals surface area contributed by atoms with E-state index in [1.807, 2.05) is 0 Å². The van der Waals surface area contributed by atoms with Crippen molar-refractivity contribution in [3.8, 4) is 11.5 Å². The van der Waals surface area contributed by atoms with Crippen LogP contribution in [0.5, 0.6) is 11.5 Å².